The molecule has 44 heavy (non-hydrogen) atoms. The van der Waals surface area contributed by atoms with Gasteiger partial charge in [0.2, 0.25) is 21.8 Å². The Bertz CT molecular complexity index is 1690. The van der Waals surface area contributed by atoms with E-state index in [0.717, 1.165) is 22.5 Å². The Balaban J connectivity index is 1.60. The first kappa shape index (κ1) is 31.9. The summed E-state index contributed by atoms with van der Waals surface area (Å²) in [6, 6.07) is 13.2. The quantitative estimate of drug-likeness (QED) is 0.205. The van der Waals surface area contributed by atoms with E-state index in [2.05, 4.69) is 27.2 Å². The standard InChI is InChI=1S/C30H38ClN7O5S/c1-19-13-22(19)17-37(11-12-41-4)25-15-24(28-34-35-29(42-28)30(3,32)16-21-9-7-6-8-10-21)26(31)27(33-25)38(44(5,39)40)18-23-14-20(2)43-36-23/h6-10,14-15,19,22H,11-13,16-18,32H2,1-5H3/t19?,22?,30-/m1/s1. The summed E-state index contributed by atoms with van der Waals surface area (Å²) < 4.78 is 44.2. The lowest BCUT2D eigenvalue weighted by atomic mass is 9.94. The van der Waals surface area contributed by atoms with Crippen molar-refractivity contribution in [2.24, 2.45) is 17.6 Å². The monoisotopic (exact) mass is 643 g/mol. The number of nitrogens with two attached hydrogens (primary N) is 1. The molecule has 3 aromatic heterocycles. The molecule has 3 atom stereocenters. The number of hydrogen-bond acceptors (Lipinski definition) is 11. The van der Waals surface area contributed by atoms with Crippen molar-refractivity contribution < 1.29 is 22.1 Å². The number of aromatic nitrogens is 4. The summed E-state index contributed by atoms with van der Waals surface area (Å²) in [5.74, 6) is 2.43. The van der Waals surface area contributed by atoms with E-state index in [9.17, 15) is 8.42 Å². The van der Waals surface area contributed by atoms with E-state index < -0.39 is 15.6 Å². The van der Waals surface area contributed by atoms with Crippen LogP contribution in [0.1, 0.15) is 43.2 Å². The van der Waals surface area contributed by atoms with Crippen LogP contribution in [-0.2, 0) is 33.3 Å². The summed E-state index contributed by atoms with van der Waals surface area (Å²) in [4.78, 5) is 6.88. The molecule has 2 N–H and O–H groups in total. The highest BCUT2D eigenvalue weighted by Gasteiger charge is 2.36. The van der Waals surface area contributed by atoms with Crippen LogP contribution in [-0.4, -0.2) is 61.8 Å². The number of ether oxygens (including phenoxy) is 1. The van der Waals surface area contributed by atoms with Gasteiger partial charge in [0.25, 0.3) is 0 Å². The number of rotatable bonds is 14. The maximum atomic E-state index is 13.2. The van der Waals surface area contributed by atoms with Crippen LogP contribution in [0.2, 0.25) is 5.02 Å². The van der Waals surface area contributed by atoms with Crippen LogP contribution >= 0.6 is 11.6 Å². The molecular weight excluding hydrogens is 606 g/mol. The molecule has 1 saturated carbocycles. The molecule has 3 heterocycles. The molecule has 5 rings (SSSR count). The molecule has 0 aliphatic heterocycles. The fourth-order valence-corrected chi connectivity index (χ4v) is 6.21. The zero-order chi connectivity index (χ0) is 31.6. The van der Waals surface area contributed by atoms with Crippen LogP contribution in [0.5, 0.6) is 0 Å². The zero-order valence-electron chi connectivity index (χ0n) is 25.5. The lowest BCUT2D eigenvalue weighted by Gasteiger charge is -2.28. The summed E-state index contributed by atoms with van der Waals surface area (Å²) in [7, 11) is -2.25. The molecule has 0 saturated heterocycles. The number of nitrogens with zero attached hydrogens (tertiary/aromatic N) is 6. The summed E-state index contributed by atoms with van der Waals surface area (Å²) in [5, 5.41) is 12.6. The fourth-order valence-electron chi connectivity index (χ4n) is 5.07. The minimum atomic E-state index is -3.88. The molecule has 0 radical (unpaired) electrons. The second-order valence-corrected chi connectivity index (χ2v) is 14.1. The molecule has 1 aliphatic carbocycles. The molecule has 2 unspecified atom stereocenters. The lowest BCUT2D eigenvalue weighted by Crippen LogP contribution is -2.35. The molecule has 14 heteroatoms. The molecular formula is C30H38ClN7O5S. The molecule has 0 amide bonds. The van der Waals surface area contributed by atoms with Crippen molar-refractivity contribution in [1.82, 2.24) is 20.3 Å². The number of anilines is 2. The third-order valence-corrected chi connectivity index (χ3v) is 9.20. The number of pyridine rings is 1. The number of aryl methyl sites for hydroxylation is 1. The van der Waals surface area contributed by atoms with Crippen LogP contribution < -0.4 is 14.9 Å². The SMILES string of the molecule is COCCN(CC1CC1C)c1cc(-c2nnc([C@](C)(N)Cc3ccccc3)o2)c(Cl)c(N(Cc2cc(C)on2)S(C)(=O)=O)n1. The molecule has 12 nitrogen and oxygen atoms in total. The van der Waals surface area contributed by atoms with Gasteiger partial charge in [-0.25, -0.2) is 17.7 Å². The second-order valence-electron chi connectivity index (χ2n) is 11.8. The summed E-state index contributed by atoms with van der Waals surface area (Å²) in [5.41, 5.74) is 7.43. The van der Waals surface area contributed by atoms with Gasteiger partial charge in [-0.15, -0.1) is 10.2 Å². The first-order valence-electron chi connectivity index (χ1n) is 14.4. The molecule has 0 bridgehead atoms. The Morgan fingerprint density at radius 2 is 1.93 bits per heavy atom. The minimum Gasteiger partial charge on any atom is -0.419 e. The van der Waals surface area contributed by atoms with Gasteiger partial charge in [-0.1, -0.05) is 54.0 Å². The summed E-state index contributed by atoms with van der Waals surface area (Å²) in [6.45, 7) is 7.30. The van der Waals surface area contributed by atoms with Crippen molar-refractivity contribution in [3.05, 3.63) is 70.4 Å². The average Bonchev–Trinajstić information content (AvgIpc) is 3.30. The molecule has 1 aromatic carbocycles. The van der Waals surface area contributed by atoms with E-state index >= 15 is 0 Å². The van der Waals surface area contributed by atoms with Gasteiger partial charge in [-0.3, -0.25) is 0 Å². The maximum Gasteiger partial charge on any atom is 0.249 e. The van der Waals surface area contributed by atoms with Crippen molar-refractivity contribution in [3.8, 4) is 11.5 Å². The number of hydrogen-bond donors (Lipinski definition) is 1. The molecule has 4 aromatic rings. The Morgan fingerprint density at radius 3 is 2.55 bits per heavy atom. The Morgan fingerprint density at radius 1 is 1.20 bits per heavy atom. The third kappa shape index (κ3) is 7.40. The van der Waals surface area contributed by atoms with Crippen molar-refractivity contribution in [2.45, 2.75) is 45.7 Å². The topological polar surface area (TPSA) is 154 Å². The molecule has 0 spiro atoms. The van der Waals surface area contributed by atoms with Gasteiger partial charge in [0, 0.05) is 26.3 Å². The number of sulfonamides is 1. The number of benzene rings is 1. The van der Waals surface area contributed by atoms with Gasteiger partial charge < -0.3 is 24.3 Å². The molecule has 236 valence electrons. The van der Waals surface area contributed by atoms with E-state index in [4.69, 9.17) is 36.0 Å². The first-order valence-corrected chi connectivity index (χ1v) is 16.6. The van der Waals surface area contributed by atoms with Crippen LogP contribution in [0.15, 0.2) is 51.4 Å². The Kier molecular flexibility index (Phi) is 9.30. The van der Waals surface area contributed by atoms with E-state index in [1.165, 1.54) is 0 Å². The predicted octanol–water partition coefficient (Wildman–Crippen LogP) is 4.57. The normalized spacial score (nSPS) is 17.8. The van der Waals surface area contributed by atoms with Gasteiger partial charge >= 0.3 is 0 Å². The van der Waals surface area contributed by atoms with Crippen molar-refractivity contribution >= 4 is 33.3 Å². The highest BCUT2D eigenvalue weighted by molar-refractivity contribution is 7.92. The van der Waals surface area contributed by atoms with Crippen molar-refractivity contribution in [2.75, 3.05) is 42.3 Å². The third-order valence-electron chi connectivity index (χ3n) is 7.72. The fraction of sp³-hybridized carbons (Fsp3) is 0.467. The van der Waals surface area contributed by atoms with Crippen LogP contribution in [0.25, 0.3) is 11.5 Å². The van der Waals surface area contributed by atoms with Gasteiger partial charge in [0.05, 0.1) is 35.5 Å². The first-order chi connectivity index (χ1) is 20.9. The predicted molar refractivity (Wildman–Crippen MR) is 168 cm³/mol. The van der Waals surface area contributed by atoms with E-state index in [-0.39, 0.29) is 29.2 Å². The van der Waals surface area contributed by atoms with Gasteiger partial charge in [-0.05, 0) is 50.2 Å². The number of methoxy groups -OCH3 is 1. The van der Waals surface area contributed by atoms with Gasteiger partial charge in [-0.2, -0.15) is 0 Å². The van der Waals surface area contributed by atoms with E-state index in [1.54, 1.807) is 26.2 Å². The van der Waals surface area contributed by atoms with Gasteiger partial charge in [0.1, 0.15) is 17.3 Å². The molecule has 1 aliphatic rings. The number of halogens is 1. The Hall–Kier alpha value is -3.52. The highest BCUT2D eigenvalue weighted by Crippen LogP contribution is 2.42. The summed E-state index contributed by atoms with van der Waals surface area (Å²) >= 11 is 6.98. The highest BCUT2D eigenvalue weighted by atomic mass is 35.5. The largest absolute Gasteiger partial charge is 0.419 e. The van der Waals surface area contributed by atoms with Crippen molar-refractivity contribution in [1.29, 1.82) is 0 Å². The van der Waals surface area contributed by atoms with Gasteiger partial charge in [0.15, 0.2) is 5.82 Å². The lowest BCUT2D eigenvalue weighted by molar-refractivity contribution is 0.204. The zero-order valence-corrected chi connectivity index (χ0v) is 27.1. The van der Waals surface area contributed by atoms with E-state index in [1.807, 2.05) is 37.3 Å². The summed E-state index contributed by atoms with van der Waals surface area (Å²) in [6.07, 6.45) is 2.65. The minimum absolute atomic E-state index is 0.00753. The van der Waals surface area contributed by atoms with Crippen LogP contribution in [0.3, 0.4) is 0 Å². The second kappa shape index (κ2) is 12.8. The van der Waals surface area contributed by atoms with E-state index in [0.29, 0.717) is 60.8 Å². The van der Waals surface area contributed by atoms with Crippen LogP contribution in [0.4, 0.5) is 11.6 Å². The maximum absolute atomic E-state index is 13.2. The van der Waals surface area contributed by atoms with Crippen LogP contribution in [0, 0.1) is 18.8 Å². The Labute approximate surface area is 262 Å². The average molecular weight is 644 g/mol. The molecule has 1 fully saturated rings. The smallest absolute Gasteiger partial charge is 0.249 e. The van der Waals surface area contributed by atoms with Crippen molar-refractivity contribution in [3.63, 3.8) is 0 Å².